The molecule has 166 valence electrons. The van der Waals surface area contributed by atoms with E-state index in [1.807, 2.05) is 29.3 Å². The number of likely N-dealkylation sites (tertiary alicyclic amines) is 1. The number of hydrogen-bond donors (Lipinski definition) is 1. The molecule has 0 saturated carbocycles. The van der Waals surface area contributed by atoms with Gasteiger partial charge >= 0.3 is 0 Å². The summed E-state index contributed by atoms with van der Waals surface area (Å²) < 4.78 is 13.1. The van der Waals surface area contributed by atoms with E-state index < -0.39 is 0 Å². The maximum Gasteiger partial charge on any atom is 0.226 e. The van der Waals surface area contributed by atoms with Gasteiger partial charge in [-0.2, -0.15) is 0 Å². The standard InChI is InChI=1S/C25H28FN5O/c1-17(2)29-25-28-16-21(22-5-3-4-12-27-22)24(30-25)19-10-13-31(14-11-19)23(32)15-18-6-8-20(26)9-7-18/h3-9,12,16-17,19H,10-11,13-15H2,1-2H3,(H,28,29,30). The van der Waals surface area contributed by atoms with Crippen molar-refractivity contribution in [3.63, 3.8) is 0 Å². The summed E-state index contributed by atoms with van der Waals surface area (Å²) in [7, 11) is 0. The van der Waals surface area contributed by atoms with Gasteiger partial charge in [0.1, 0.15) is 5.82 Å². The first-order chi connectivity index (χ1) is 15.5. The summed E-state index contributed by atoms with van der Waals surface area (Å²) in [5, 5.41) is 3.29. The van der Waals surface area contributed by atoms with Gasteiger partial charge in [0.2, 0.25) is 11.9 Å². The lowest BCUT2D eigenvalue weighted by Gasteiger charge is -2.32. The van der Waals surface area contributed by atoms with Gasteiger partial charge < -0.3 is 10.2 Å². The van der Waals surface area contributed by atoms with Crippen molar-refractivity contribution < 1.29 is 9.18 Å². The molecule has 1 fully saturated rings. The molecule has 1 aromatic carbocycles. The van der Waals surface area contributed by atoms with Crippen LogP contribution in [0.15, 0.2) is 54.9 Å². The summed E-state index contributed by atoms with van der Waals surface area (Å²) in [6.45, 7) is 5.45. The number of hydrogen-bond acceptors (Lipinski definition) is 5. The predicted molar refractivity (Wildman–Crippen MR) is 123 cm³/mol. The van der Waals surface area contributed by atoms with Crippen molar-refractivity contribution in [2.75, 3.05) is 18.4 Å². The van der Waals surface area contributed by atoms with E-state index in [0.717, 1.165) is 35.4 Å². The molecule has 0 atom stereocenters. The molecule has 1 aliphatic heterocycles. The van der Waals surface area contributed by atoms with E-state index in [4.69, 9.17) is 4.98 Å². The van der Waals surface area contributed by atoms with Crippen LogP contribution in [0.5, 0.6) is 0 Å². The highest BCUT2D eigenvalue weighted by Crippen LogP contribution is 2.34. The number of benzene rings is 1. The number of pyridine rings is 1. The molecular weight excluding hydrogens is 405 g/mol. The van der Waals surface area contributed by atoms with Crippen molar-refractivity contribution in [1.29, 1.82) is 0 Å². The van der Waals surface area contributed by atoms with Gasteiger partial charge in [-0.15, -0.1) is 0 Å². The van der Waals surface area contributed by atoms with Crippen molar-refractivity contribution in [3.05, 3.63) is 71.9 Å². The number of nitrogens with zero attached hydrogens (tertiary/aromatic N) is 4. The van der Waals surface area contributed by atoms with Crippen molar-refractivity contribution >= 4 is 11.9 Å². The average molecular weight is 434 g/mol. The van der Waals surface area contributed by atoms with Crippen LogP contribution < -0.4 is 5.32 Å². The molecule has 2 aromatic heterocycles. The molecule has 1 saturated heterocycles. The molecule has 0 radical (unpaired) electrons. The van der Waals surface area contributed by atoms with Gasteiger partial charge in [-0.25, -0.2) is 14.4 Å². The van der Waals surface area contributed by atoms with Gasteiger partial charge in [0, 0.05) is 43.0 Å². The smallest absolute Gasteiger partial charge is 0.226 e. The molecule has 4 rings (SSSR count). The number of aromatic nitrogens is 3. The van der Waals surface area contributed by atoms with E-state index in [-0.39, 0.29) is 23.7 Å². The highest BCUT2D eigenvalue weighted by molar-refractivity contribution is 5.79. The molecule has 0 bridgehead atoms. The summed E-state index contributed by atoms with van der Waals surface area (Å²) in [5.74, 6) is 0.619. The van der Waals surface area contributed by atoms with Crippen molar-refractivity contribution in [3.8, 4) is 11.3 Å². The first kappa shape index (κ1) is 21.9. The molecule has 1 amide bonds. The SMILES string of the molecule is CC(C)Nc1ncc(-c2ccccn2)c(C2CCN(C(=O)Cc3ccc(F)cc3)CC2)n1. The van der Waals surface area contributed by atoms with Gasteiger partial charge in [-0.3, -0.25) is 9.78 Å². The Morgan fingerprint density at radius 2 is 1.88 bits per heavy atom. The summed E-state index contributed by atoms with van der Waals surface area (Å²) in [6, 6.07) is 12.2. The molecule has 0 aliphatic carbocycles. The van der Waals surface area contributed by atoms with E-state index in [2.05, 4.69) is 29.1 Å². The predicted octanol–water partition coefficient (Wildman–Crippen LogP) is 4.45. The molecule has 7 heteroatoms. The highest BCUT2D eigenvalue weighted by Gasteiger charge is 2.27. The molecule has 3 aromatic rings. The van der Waals surface area contributed by atoms with Crippen LogP contribution in [0.3, 0.4) is 0 Å². The fraction of sp³-hybridized carbons (Fsp3) is 0.360. The summed E-state index contributed by atoms with van der Waals surface area (Å²) in [5.41, 5.74) is 3.60. The Labute approximate surface area is 187 Å². The third kappa shape index (κ3) is 5.28. The minimum Gasteiger partial charge on any atom is -0.352 e. The summed E-state index contributed by atoms with van der Waals surface area (Å²) in [4.78, 5) is 28.5. The van der Waals surface area contributed by atoms with Crippen LogP contribution in [0, 0.1) is 5.82 Å². The maximum atomic E-state index is 13.1. The van der Waals surface area contributed by atoms with E-state index in [9.17, 15) is 9.18 Å². The summed E-state index contributed by atoms with van der Waals surface area (Å²) in [6.07, 6.45) is 5.57. The zero-order chi connectivity index (χ0) is 22.5. The quantitative estimate of drug-likeness (QED) is 0.622. The van der Waals surface area contributed by atoms with Crippen LogP contribution in [0.4, 0.5) is 10.3 Å². The van der Waals surface area contributed by atoms with Crippen molar-refractivity contribution in [2.24, 2.45) is 0 Å². The zero-order valence-electron chi connectivity index (χ0n) is 18.5. The van der Waals surface area contributed by atoms with E-state index in [1.54, 1.807) is 18.3 Å². The molecule has 0 unspecified atom stereocenters. The van der Waals surface area contributed by atoms with Crippen LogP contribution in [-0.2, 0) is 11.2 Å². The molecule has 1 N–H and O–H groups in total. The van der Waals surface area contributed by atoms with E-state index in [0.29, 0.717) is 25.5 Å². The molecule has 1 aliphatic rings. The van der Waals surface area contributed by atoms with Crippen LogP contribution in [0.2, 0.25) is 0 Å². The minimum atomic E-state index is -0.290. The third-order valence-corrected chi connectivity index (χ3v) is 5.68. The van der Waals surface area contributed by atoms with Crippen LogP contribution in [0.25, 0.3) is 11.3 Å². The number of carbonyl (C=O) groups excluding carboxylic acids is 1. The van der Waals surface area contributed by atoms with Crippen molar-refractivity contribution in [1.82, 2.24) is 19.9 Å². The number of nitrogens with one attached hydrogen (secondary N) is 1. The van der Waals surface area contributed by atoms with Gasteiger partial charge in [0.25, 0.3) is 0 Å². The number of rotatable bonds is 6. The second kappa shape index (κ2) is 9.85. The van der Waals surface area contributed by atoms with Gasteiger partial charge in [-0.1, -0.05) is 18.2 Å². The lowest BCUT2D eigenvalue weighted by atomic mass is 9.89. The van der Waals surface area contributed by atoms with Gasteiger partial charge in [0.15, 0.2) is 0 Å². The number of halogens is 1. The van der Waals surface area contributed by atoms with E-state index in [1.165, 1.54) is 12.1 Å². The first-order valence-corrected chi connectivity index (χ1v) is 11.1. The third-order valence-electron chi connectivity index (χ3n) is 5.68. The van der Waals surface area contributed by atoms with Crippen LogP contribution in [0.1, 0.15) is 43.9 Å². The minimum absolute atomic E-state index is 0.0739. The Morgan fingerprint density at radius 3 is 2.53 bits per heavy atom. The molecule has 0 spiro atoms. The topological polar surface area (TPSA) is 71.0 Å². The Kier molecular flexibility index (Phi) is 6.73. The fourth-order valence-electron chi connectivity index (χ4n) is 4.04. The Balaban J connectivity index is 1.49. The Hall–Kier alpha value is -3.35. The second-order valence-electron chi connectivity index (χ2n) is 8.46. The summed E-state index contributed by atoms with van der Waals surface area (Å²) >= 11 is 0. The molecule has 3 heterocycles. The van der Waals surface area contributed by atoms with Gasteiger partial charge in [0.05, 0.1) is 17.8 Å². The second-order valence-corrected chi connectivity index (χ2v) is 8.46. The lowest BCUT2D eigenvalue weighted by molar-refractivity contribution is -0.131. The molecule has 6 nitrogen and oxygen atoms in total. The number of piperidine rings is 1. The lowest BCUT2D eigenvalue weighted by Crippen LogP contribution is -2.39. The molecule has 32 heavy (non-hydrogen) atoms. The van der Waals surface area contributed by atoms with Crippen LogP contribution in [-0.4, -0.2) is 44.9 Å². The van der Waals surface area contributed by atoms with Crippen LogP contribution >= 0.6 is 0 Å². The number of carbonyl (C=O) groups is 1. The fourth-order valence-corrected chi connectivity index (χ4v) is 4.04. The largest absolute Gasteiger partial charge is 0.352 e. The number of amides is 1. The molecular formula is C25H28FN5O. The Morgan fingerprint density at radius 1 is 1.12 bits per heavy atom. The maximum absolute atomic E-state index is 13.1. The first-order valence-electron chi connectivity index (χ1n) is 11.1. The monoisotopic (exact) mass is 433 g/mol. The van der Waals surface area contributed by atoms with Crippen molar-refractivity contribution in [2.45, 2.75) is 45.1 Å². The average Bonchev–Trinajstić information content (AvgIpc) is 2.81. The van der Waals surface area contributed by atoms with Gasteiger partial charge in [-0.05, 0) is 56.5 Å². The highest BCUT2D eigenvalue weighted by atomic mass is 19.1. The van der Waals surface area contributed by atoms with E-state index >= 15 is 0 Å². The normalized spacial score (nSPS) is 14.6. The Bertz CT molecular complexity index is 1050. The number of anilines is 1. The zero-order valence-corrected chi connectivity index (χ0v) is 18.5.